The fraction of sp³-hybridized carbons (Fsp3) is 0.471. The van der Waals surface area contributed by atoms with E-state index in [2.05, 4.69) is 27.8 Å². The number of hydrogen-bond donors (Lipinski definition) is 0. The van der Waals surface area contributed by atoms with Gasteiger partial charge in [-0.05, 0) is 32.8 Å². The lowest BCUT2D eigenvalue weighted by molar-refractivity contribution is -0.132. The van der Waals surface area contributed by atoms with Crippen molar-refractivity contribution in [2.24, 2.45) is 0 Å². The van der Waals surface area contributed by atoms with Gasteiger partial charge in [0.05, 0.1) is 23.9 Å². The number of carbonyl (C=O) groups excluding carboxylic acids is 1. The molecule has 1 fully saturated rings. The zero-order valence-electron chi connectivity index (χ0n) is 14.0. The molecule has 0 aromatic carbocycles. The van der Waals surface area contributed by atoms with Crippen molar-refractivity contribution in [2.45, 2.75) is 39.2 Å². The third-order valence-electron chi connectivity index (χ3n) is 4.62. The minimum Gasteiger partial charge on any atom is -0.340 e. The first-order chi connectivity index (χ1) is 11.6. The van der Waals surface area contributed by atoms with Gasteiger partial charge >= 0.3 is 0 Å². The van der Waals surface area contributed by atoms with Crippen LogP contribution in [0.15, 0.2) is 23.8 Å². The molecule has 0 saturated carbocycles. The summed E-state index contributed by atoms with van der Waals surface area (Å²) >= 11 is 1.59. The number of thiazole rings is 1. The number of carbonyl (C=O) groups is 1. The number of aromatic nitrogens is 4. The van der Waals surface area contributed by atoms with Crippen LogP contribution in [0.1, 0.15) is 36.0 Å². The lowest BCUT2D eigenvalue weighted by Gasteiger charge is -2.33. The van der Waals surface area contributed by atoms with Crippen LogP contribution < -0.4 is 0 Å². The Bertz CT molecular complexity index is 848. The first-order valence-electron chi connectivity index (χ1n) is 8.32. The zero-order valence-corrected chi connectivity index (χ0v) is 14.8. The Morgan fingerprint density at radius 1 is 1.42 bits per heavy atom. The highest BCUT2D eigenvalue weighted by atomic mass is 32.1. The average Bonchev–Trinajstić information content (AvgIpc) is 3.22. The molecule has 7 heteroatoms. The first-order valence-corrected chi connectivity index (χ1v) is 9.20. The number of nitrogens with zero attached hydrogens (tertiary/aromatic N) is 5. The molecule has 3 aromatic heterocycles. The Morgan fingerprint density at radius 3 is 3.04 bits per heavy atom. The Labute approximate surface area is 144 Å². The van der Waals surface area contributed by atoms with Crippen LogP contribution in [0.2, 0.25) is 0 Å². The molecule has 24 heavy (non-hydrogen) atoms. The van der Waals surface area contributed by atoms with E-state index in [9.17, 15) is 4.79 Å². The van der Waals surface area contributed by atoms with Gasteiger partial charge < -0.3 is 4.90 Å². The van der Waals surface area contributed by atoms with Crippen molar-refractivity contribution in [3.63, 3.8) is 0 Å². The van der Waals surface area contributed by atoms with Gasteiger partial charge in [0, 0.05) is 36.6 Å². The third kappa shape index (κ3) is 2.84. The van der Waals surface area contributed by atoms with Gasteiger partial charge in [0.25, 0.3) is 0 Å². The largest absolute Gasteiger partial charge is 0.340 e. The molecule has 1 amide bonds. The van der Waals surface area contributed by atoms with Gasteiger partial charge in [-0.15, -0.1) is 11.3 Å². The Balaban J connectivity index is 1.46. The van der Waals surface area contributed by atoms with Gasteiger partial charge in [-0.2, -0.15) is 5.10 Å². The van der Waals surface area contributed by atoms with Crippen molar-refractivity contribution in [3.05, 3.63) is 40.9 Å². The molecule has 0 aliphatic carbocycles. The molecule has 1 atom stereocenters. The van der Waals surface area contributed by atoms with Crippen molar-refractivity contribution in [3.8, 4) is 0 Å². The standard InChI is InChI=1S/C17H21N5OS/c1-12-8-13(2)22(19-12)15-4-3-5-20(11-15)16(23)9-14-10-21-6-7-24-17(21)18-14/h6-8,10,15H,3-5,9,11H2,1-2H3/t15-/m1/s1. The van der Waals surface area contributed by atoms with E-state index in [0.717, 1.165) is 42.3 Å². The van der Waals surface area contributed by atoms with E-state index < -0.39 is 0 Å². The lowest BCUT2D eigenvalue weighted by atomic mass is 10.0. The minimum absolute atomic E-state index is 0.159. The number of imidazole rings is 1. The van der Waals surface area contributed by atoms with Crippen molar-refractivity contribution < 1.29 is 4.79 Å². The molecule has 1 aliphatic rings. The smallest absolute Gasteiger partial charge is 0.228 e. The molecule has 126 valence electrons. The topological polar surface area (TPSA) is 55.4 Å². The van der Waals surface area contributed by atoms with Crippen molar-refractivity contribution in [1.29, 1.82) is 0 Å². The van der Waals surface area contributed by atoms with E-state index in [1.165, 1.54) is 5.69 Å². The maximum absolute atomic E-state index is 12.7. The highest BCUT2D eigenvalue weighted by Crippen LogP contribution is 2.23. The van der Waals surface area contributed by atoms with Crippen LogP contribution in [-0.2, 0) is 11.2 Å². The van der Waals surface area contributed by atoms with Crippen LogP contribution in [0, 0.1) is 13.8 Å². The van der Waals surface area contributed by atoms with Gasteiger partial charge in [-0.3, -0.25) is 13.9 Å². The first kappa shape index (κ1) is 15.4. The van der Waals surface area contributed by atoms with Crippen LogP contribution in [0.5, 0.6) is 0 Å². The summed E-state index contributed by atoms with van der Waals surface area (Å²) < 4.78 is 4.06. The van der Waals surface area contributed by atoms with Crippen LogP contribution >= 0.6 is 11.3 Å². The number of amides is 1. The summed E-state index contributed by atoms with van der Waals surface area (Å²) in [7, 11) is 0. The second kappa shape index (κ2) is 6.05. The Morgan fingerprint density at radius 2 is 2.29 bits per heavy atom. The van der Waals surface area contributed by atoms with Crippen LogP contribution in [-0.4, -0.2) is 43.1 Å². The van der Waals surface area contributed by atoms with Gasteiger partial charge in [-0.1, -0.05) is 0 Å². The molecule has 4 heterocycles. The predicted molar refractivity (Wildman–Crippen MR) is 93.3 cm³/mol. The average molecular weight is 343 g/mol. The molecule has 1 saturated heterocycles. The number of aryl methyl sites for hydroxylation is 2. The second-order valence-corrected chi connectivity index (χ2v) is 7.38. The van der Waals surface area contributed by atoms with Gasteiger partial charge in [0.1, 0.15) is 0 Å². The summed E-state index contributed by atoms with van der Waals surface area (Å²) in [6, 6.07) is 2.38. The summed E-state index contributed by atoms with van der Waals surface area (Å²) in [6.45, 7) is 5.66. The molecule has 1 aliphatic heterocycles. The van der Waals surface area contributed by atoms with Gasteiger partial charge in [-0.25, -0.2) is 4.98 Å². The van der Waals surface area contributed by atoms with E-state index in [4.69, 9.17) is 0 Å². The normalized spacial score (nSPS) is 18.4. The van der Waals surface area contributed by atoms with Gasteiger partial charge in [0.15, 0.2) is 4.96 Å². The molecular weight excluding hydrogens is 322 g/mol. The summed E-state index contributed by atoms with van der Waals surface area (Å²) in [5, 5.41) is 6.60. The third-order valence-corrected chi connectivity index (χ3v) is 5.39. The van der Waals surface area contributed by atoms with Gasteiger partial charge in [0.2, 0.25) is 5.91 Å². The molecule has 3 aromatic rings. The lowest BCUT2D eigenvalue weighted by Crippen LogP contribution is -2.41. The number of rotatable bonds is 3. The van der Waals surface area contributed by atoms with Crippen molar-refractivity contribution in [1.82, 2.24) is 24.1 Å². The maximum atomic E-state index is 12.7. The Hall–Kier alpha value is -2.15. The molecule has 4 rings (SSSR count). The predicted octanol–water partition coefficient (Wildman–Crippen LogP) is 2.62. The number of likely N-dealkylation sites (tertiary alicyclic amines) is 1. The maximum Gasteiger partial charge on any atom is 0.228 e. The quantitative estimate of drug-likeness (QED) is 0.734. The van der Waals surface area contributed by atoms with Crippen LogP contribution in [0.4, 0.5) is 0 Å². The fourth-order valence-corrected chi connectivity index (χ4v) is 4.24. The SMILES string of the molecule is Cc1cc(C)n([C@@H]2CCCN(C(=O)Cc3cn4ccsc4n3)C2)n1. The summed E-state index contributed by atoms with van der Waals surface area (Å²) in [4.78, 5) is 20.1. The molecule has 0 unspecified atom stereocenters. The molecule has 0 spiro atoms. The monoisotopic (exact) mass is 343 g/mol. The fourth-order valence-electron chi connectivity index (χ4n) is 3.52. The van der Waals surface area contributed by atoms with E-state index in [1.807, 2.05) is 34.0 Å². The molecule has 0 N–H and O–H groups in total. The number of piperidine rings is 1. The summed E-state index contributed by atoms with van der Waals surface area (Å²) in [5.74, 6) is 0.159. The number of hydrogen-bond acceptors (Lipinski definition) is 4. The van der Waals surface area contributed by atoms with E-state index in [-0.39, 0.29) is 11.9 Å². The molecular formula is C17H21N5OS. The molecule has 6 nitrogen and oxygen atoms in total. The van der Waals surface area contributed by atoms with Crippen LogP contribution in [0.25, 0.3) is 4.96 Å². The zero-order chi connectivity index (χ0) is 16.7. The van der Waals surface area contributed by atoms with Crippen molar-refractivity contribution >= 4 is 22.2 Å². The van der Waals surface area contributed by atoms with E-state index >= 15 is 0 Å². The highest BCUT2D eigenvalue weighted by Gasteiger charge is 2.26. The second-order valence-electron chi connectivity index (χ2n) is 6.51. The highest BCUT2D eigenvalue weighted by molar-refractivity contribution is 7.15. The van der Waals surface area contributed by atoms with E-state index in [0.29, 0.717) is 6.42 Å². The summed E-state index contributed by atoms with van der Waals surface area (Å²) in [5.41, 5.74) is 3.05. The van der Waals surface area contributed by atoms with E-state index in [1.54, 1.807) is 11.3 Å². The van der Waals surface area contributed by atoms with Crippen molar-refractivity contribution in [2.75, 3.05) is 13.1 Å². The molecule has 0 bridgehead atoms. The van der Waals surface area contributed by atoms with Crippen LogP contribution in [0.3, 0.4) is 0 Å². The Kier molecular flexibility index (Phi) is 3.88. The minimum atomic E-state index is 0.159. The summed E-state index contributed by atoms with van der Waals surface area (Å²) in [6.07, 6.45) is 6.39. The molecule has 0 radical (unpaired) electrons. The number of fused-ring (bicyclic) bond motifs is 1.